The molecule has 1 N–H and O–H groups in total. The molecular formula is C13H13ClN2O4. The van der Waals surface area contributed by atoms with Gasteiger partial charge in [-0.25, -0.2) is 0 Å². The molecule has 2 rings (SSSR count). The number of rotatable bonds is 4. The molecule has 0 aliphatic heterocycles. The summed E-state index contributed by atoms with van der Waals surface area (Å²) in [5, 5.41) is 13.6. The van der Waals surface area contributed by atoms with Crippen molar-refractivity contribution >= 4 is 11.6 Å². The first-order valence-corrected chi connectivity index (χ1v) is 6.24. The average Bonchev–Trinajstić information content (AvgIpc) is 2.46. The lowest BCUT2D eigenvalue weighted by molar-refractivity contribution is 0.354. The van der Waals surface area contributed by atoms with Crippen molar-refractivity contribution in [3.8, 4) is 22.9 Å². The Morgan fingerprint density at radius 3 is 2.55 bits per heavy atom. The molecule has 20 heavy (non-hydrogen) atoms. The standard InChI is InChI=1S/C13H13ClN2O4/c1-19-11-4-3-8(5-12(11)20-2)16-13(18)6-10(17)9(7-14)15-16/h3-6,17H,7H2,1-2H3. The molecule has 0 radical (unpaired) electrons. The third-order valence-corrected chi connectivity index (χ3v) is 2.98. The van der Waals surface area contributed by atoms with E-state index in [1.807, 2.05) is 0 Å². The fourth-order valence-electron chi connectivity index (χ4n) is 1.72. The highest BCUT2D eigenvalue weighted by Gasteiger charge is 2.11. The van der Waals surface area contributed by atoms with Crippen LogP contribution >= 0.6 is 11.6 Å². The summed E-state index contributed by atoms with van der Waals surface area (Å²) in [6.45, 7) is 0. The van der Waals surface area contributed by atoms with E-state index in [1.54, 1.807) is 18.2 Å². The molecule has 2 aromatic rings. The monoisotopic (exact) mass is 296 g/mol. The Hall–Kier alpha value is -2.21. The summed E-state index contributed by atoms with van der Waals surface area (Å²) in [4.78, 5) is 11.9. The van der Waals surface area contributed by atoms with Crippen LogP contribution in [0.15, 0.2) is 29.1 Å². The Labute approximate surface area is 120 Å². The predicted octanol–water partition coefficient (Wildman–Crippen LogP) is 1.69. The Morgan fingerprint density at radius 1 is 1.25 bits per heavy atom. The lowest BCUT2D eigenvalue weighted by Crippen LogP contribution is -2.21. The summed E-state index contributed by atoms with van der Waals surface area (Å²) in [5.41, 5.74) is 0.239. The second-order valence-electron chi connectivity index (χ2n) is 3.90. The Morgan fingerprint density at radius 2 is 1.95 bits per heavy atom. The first kappa shape index (κ1) is 14.2. The van der Waals surface area contributed by atoms with Crippen molar-refractivity contribution in [2.45, 2.75) is 5.88 Å². The van der Waals surface area contributed by atoms with E-state index >= 15 is 0 Å². The molecule has 0 fully saturated rings. The van der Waals surface area contributed by atoms with Crippen molar-refractivity contribution in [1.82, 2.24) is 9.78 Å². The molecule has 0 amide bonds. The second-order valence-corrected chi connectivity index (χ2v) is 4.17. The summed E-state index contributed by atoms with van der Waals surface area (Å²) in [6, 6.07) is 6.00. The second kappa shape index (κ2) is 5.83. The van der Waals surface area contributed by atoms with Crippen molar-refractivity contribution in [3.63, 3.8) is 0 Å². The van der Waals surface area contributed by atoms with E-state index in [1.165, 1.54) is 14.2 Å². The van der Waals surface area contributed by atoms with E-state index < -0.39 is 5.56 Å². The van der Waals surface area contributed by atoms with Crippen molar-refractivity contribution in [3.05, 3.63) is 40.3 Å². The number of methoxy groups -OCH3 is 2. The zero-order chi connectivity index (χ0) is 14.7. The van der Waals surface area contributed by atoms with Crippen molar-refractivity contribution in [2.24, 2.45) is 0 Å². The van der Waals surface area contributed by atoms with Gasteiger partial charge in [0.2, 0.25) is 0 Å². The number of halogens is 1. The van der Waals surface area contributed by atoms with Crippen molar-refractivity contribution in [2.75, 3.05) is 14.2 Å². The van der Waals surface area contributed by atoms with Crippen LogP contribution in [0, 0.1) is 0 Å². The minimum Gasteiger partial charge on any atom is -0.506 e. The highest BCUT2D eigenvalue weighted by molar-refractivity contribution is 6.17. The number of hydrogen-bond donors (Lipinski definition) is 1. The molecule has 106 valence electrons. The highest BCUT2D eigenvalue weighted by Crippen LogP contribution is 2.28. The van der Waals surface area contributed by atoms with Crippen LogP contribution in [0.25, 0.3) is 5.69 Å². The van der Waals surface area contributed by atoms with Crippen LogP contribution in [-0.2, 0) is 5.88 Å². The van der Waals surface area contributed by atoms with E-state index in [4.69, 9.17) is 21.1 Å². The molecule has 7 heteroatoms. The van der Waals surface area contributed by atoms with Gasteiger partial charge in [-0.2, -0.15) is 9.78 Å². The van der Waals surface area contributed by atoms with Gasteiger partial charge in [0.25, 0.3) is 5.56 Å². The van der Waals surface area contributed by atoms with Crippen molar-refractivity contribution in [1.29, 1.82) is 0 Å². The lowest BCUT2D eigenvalue weighted by atomic mass is 10.2. The molecule has 0 saturated carbocycles. The SMILES string of the molecule is COc1ccc(-n2nc(CCl)c(O)cc2=O)cc1OC. The molecule has 6 nitrogen and oxygen atoms in total. The molecule has 1 aromatic heterocycles. The highest BCUT2D eigenvalue weighted by atomic mass is 35.5. The molecule has 0 spiro atoms. The summed E-state index contributed by atoms with van der Waals surface area (Å²) in [5.74, 6) is 0.793. The minimum absolute atomic E-state index is 0.000592. The number of aromatic nitrogens is 2. The Kier molecular flexibility index (Phi) is 4.14. The van der Waals surface area contributed by atoms with Crippen LogP contribution in [0.4, 0.5) is 0 Å². The van der Waals surface area contributed by atoms with Crippen LogP contribution in [0.5, 0.6) is 17.2 Å². The summed E-state index contributed by atoms with van der Waals surface area (Å²) < 4.78 is 11.4. The van der Waals surface area contributed by atoms with Crippen molar-refractivity contribution < 1.29 is 14.6 Å². The number of hydrogen-bond acceptors (Lipinski definition) is 5. The third-order valence-electron chi connectivity index (χ3n) is 2.72. The van der Waals surface area contributed by atoms with Gasteiger partial charge < -0.3 is 14.6 Å². The lowest BCUT2D eigenvalue weighted by Gasteiger charge is -2.11. The van der Waals surface area contributed by atoms with Crippen LogP contribution in [0.3, 0.4) is 0 Å². The zero-order valence-corrected chi connectivity index (χ0v) is 11.7. The normalized spacial score (nSPS) is 10.3. The van der Waals surface area contributed by atoms with Gasteiger partial charge in [-0.3, -0.25) is 4.79 Å². The topological polar surface area (TPSA) is 73.6 Å². The first-order chi connectivity index (χ1) is 9.60. The van der Waals surface area contributed by atoms with Crippen LogP contribution in [0.1, 0.15) is 5.69 Å². The Bertz CT molecular complexity index is 685. The van der Waals surface area contributed by atoms with Gasteiger partial charge >= 0.3 is 0 Å². The predicted molar refractivity (Wildman–Crippen MR) is 74.2 cm³/mol. The van der Waals surface area contributed by atoms with E-state index in [-0.39, 0.29) is 17.3 Å². The first-order valence-electron chi connectivity index (χ1n) is 5.71. The van der Waals surface area contributed by atoms with Crippen LogP contribution in [-0.4, -0.2) is 29.1 Å². The minimum atomic E-state index is -0.469. The molecule has 0 aliphatic carbocycles. The molecule has 0 bridgehead atoms. The molecule has 0 unspecified atom stereocenters. The van der Waals surface area contributed by atoms with Crippen LogP contribution in [0.2, 0.25) is 0 Å². The summed E-state index contributed by atoms with van der Waals surface area (Å²) >= 11 is 5.67. The molecular weight excluding hydrogens is 284 g/mol. The Balaban J connectivity index is 2.59. The van der Waals surface area contributed by atoms with Crippen LogP contribution < -0.4 is 15.0 Å². The van der Waals surface area contributed by atoms with E-state index in [0.717, 1.165) is 10.7 Å². The smallest absolute Gasteiger partial charge is 0.275 e. The largest absolute Gasteiger partial charge is 0.506 e. The zero-order valence-electron chi connectivity index (χ0n) is 11.0. The molecule has 1 heterocycles. The number of benzene rings is 1. The van der Waals surface area contributed by atoms with Gasteiger partial charge in [-0.05, 0) is 12.1 Å². The maximum Gasteiger partial charge on any atom is 0.275 e. The van der Waals surface area contributed by atoms with E-state index in [9.17, 15) is 9.90 Å². The fraction of sp³-hybridized carbons (Fsp3) is 0.231. The molecule has 0 atom stereocenters. The van der Waals surface area contributed by atoms with Gasteiger partial charge in [0.05, 0.1) is 25.8 Å². The molecule has 0 saturated heterocycles. The van der Waals surface area contributed by atoms with Gasteiger partial charge in [-0.15, -0.1) is 11.6 Å². The third kappa shape index (κ3) is 2.55. The van der Waals surface area contributed by atoms with Gasteiger partial charge in [0.15, 0.2) is 11.5 Å². The van der Waals surface area contributed by atoms with E-state index in [2.05, 4.69) is 5.10 Å². The number of aromatic hydroxyl groups is 1. The van der Waals surface area contributed by atoms with Gasteiger partial charge in [-0.1, -0.05) is 0 Å². The maximum atomic E-state index is 11.9. The average molecular weight is 297 g/mol. The van der Waals surface area contributed by atoms with Gasteiger partial charge in [0, 0.05) is 12.1 Å². The fourth-order valence-corrected chi connectivity index (χ4v) is 1.91. The number of nitrogens with zero attached hydrogens (tertiary/aromatic N) is 2. The number of alkyl halides is 1. The maximum absolute atomic E-state index is 11.9. The molecule has 1 aromatic carbocycles. The summed E-state index contributed by atoms with van der Waals surface area (Å²) in [7, 11) is 3.02. The van der Waals surface area contributed by atoms with E-state index in [0.29, 0.717) is 17.2 Å². The number of ether oxygens (including phenoxy) is 2. The summed E-state index contributed by atoms with van der Waals surface area (Å²) in [6.07, 6.45) is 0. The van der Waals surface area contributed by atoms with Gasteiger partial charge in [0.1, 0.15) is 11.4 Å². The quantitative estimate of drug-likeness (QED) is 0.869. The molecule has 0 aliphatic rings.